The van der Waals surface area contributed by atoms with Gasteiger partial charge in [-0.3, -0.25) is 4.79 Å². The van der Waals surface area contributed by atoms with Gasteiger partial charge in [0.15, 0.2) is 0 Å². The maximum Gasteiger partial charge on any atom is 0.261 e. The number of amides is 1. The fourth-order valence-electron chi connectivity index (χ4n) is 1.90. The highest BCUT2D eigenvalue weighted by Gasteiger charge is 2.23. The van der Waals surface area contributed by atoms with Crippen LogP contribution in [0.5, 0.6) is 11.5 Å². The van der Waals surface area contributed by atoms with Gasteiger partial charge in [0.2, 0.25) is 0 Å². The van der Waals surface area contributed by atoms with Crippen LogP contribution in [0.2, 0.25) is 0 Å². The van der Waals surface area contributed by atoms with Crippen molar-refractivity contribution in [1.29, 1.82) is 10.5 Å². The molecule has 0 aliphatic rings. The quantitative estimate of drug-likeness (QED) is 0.765. The second kappa shape index (κ2) is 8.44. The number of rotatable bonds is 7. The zero-order chi connectivity index (χ0) is 15.7. The lowest BCUT2D eigenvalue weighted by Crippen LogP contribution is -2.33. The summed E-state index contributed by atoms with van der Waals surface area (Å²) in [7, 11) is 2.95. The number of hydrogen-bond acceptors (Lipinski definition) is 5. The molecule has 0 heterocycles. The van der Waals surface area contributed by atoms with Gasteiger partial charge >= 0.3 is 0 Å². The van der Waals surface area contributed by atoms with Crippen LogP contribution < -0.4 is 9.47 Å². The highest BCUT2D eigenvalue weighted by molar-refractivity contribution is 5.99. The average molecular weight is 287 g/mol. The van der Waals surface area contributed by atoms with Gasteiger partial charge in [-0.1, -0.05) is 6.07 Å². The van der Waals surface area contributed by atoms with E-state index < -0.39 is 0 Å². The lowest BCUT2D eigenvalue weighted by molar-refractivity contribution is 0.0755. The Morgan fingerprint density at radius 3 is 1.95 bits per heavy atom. The fraction of sp³-hybridized carbons (Fsp3) is 0.400. The van der Waals surface area contributed by atoms with E-state index in [-0.39, 0.29) is 31.8 Å². The van der Waals surface area contributed by atoms with E-state index in [0.29, 0.717) is 17.1 Å². The molecular formula is C15H17N3O3. The van der Waals surface area contributed by atoms with Gasteiger partial charge in [-0.15, -0.1) is 0 Å². The molecule has 6 nitrogen and oxygen atoms in total. The highest BCUT2D eigenvalue weighted by atomic mass is 16.5. The Labute approximate surface area is 124 Å². The summed E-state index contributed by atoms with van der Waals surface area (Å²) in [5.74, 6) is 0.492. The predicted octanol–water partition coefficient (Wildman–Crippen LogP) is 1.97. The first-order valence-corrected chi connectivity index (χ1v) is 6.43. The number of carbonyl (C=O) groups is 1. The lowest BCUT2D eigenvalue weighted by Gasteiger charge is -2.22. The Morgan fingerprint density at radius 2 is 1.57 bits per heavy atom. The number of benzene rings is 1. The monoisotopic (exact) mass is 287 g/mol. The normalized spacial score (nSPS) is 9.33. The number of hydrogen-bond donors (Lipinski definition) is 0. The van der Waals surface area contributed by atoms with Gasteiger partial charge < -0.3 is 14.4 Å². The summed E-state index contributed by atoms with van der Waals surface area (Å²) in [4.78, 5) is 14.1. The second-order valence-electron chi connectivity index (χ2n) is 4.15. The van der Waals surface area contributed by atoms with Crippen LogP contribution in [0.4, 0.5) is 0 Å². The molecule has 0 saturated heterocycles. The van der Waals surface area contributed by atoms with Gasteiger partial charge in [0.25, 0.3) is 5.91 Å². The third kappa shape index (κ3) is 4.12. The zero-order valence-corrected chi connectivity index (χ0v) is 12.1. The molecule has 21 heavy (non-hydrogen) atoms. The Morgan fingerprint density at radius 1 is 1.10 bits per heavy atom. The van der Waals surface area contributed by atoms with Crippen LogP contribution in [0.3, 0.4) is 0 Å². The number of nitrogens with zero attached hydrogens (tertiary/aromatic N) is 3. The van der Waals surface area contributed by atoms with Gasteiger partial charge in [0.05, 0.1) is 39.2 Å². The first-order chi connectivity index (χ1) is 10.2. The number of carbonyl (C=O) groups excluding carboxylic acids is 1. The molecule has 0 aromatic heterocycles. The molecule has 1 rings (SSSR count). The van der Waals surface area contributed by atoms with Gasteiger partial charge in [-0.25, -0.2) is 0 Å². The molecule has 1 aromatic carbocycles. The van der Waals surface area contributed by atoms with Crippen molar-refractivity contribution in [3.63, 3.8) is 0 Å². The molecule has 0 unspecified atom stereocenters. The number of ether oxygens (including phenoxy) is 2. The van der Waals surface area contributed by atoms with Gasteiger partial charge in [-0.2, -0.15) is 10.5 Å². The molecule has 0 fully saturated rings. The first kappa shape index (κ1) is 16.3. The molecule has 0 radical (unpaired) electrons. The Bertz CT molecular complexity index is 532. The summed E-state index contributed by atoms with van der Waals surface area (Å²) in [6.45, 7) is 0.524. The van der Waals surface area contributed by atoms with Crippen molar-refractivity contribution in [2.75, 3.05) is 27.3 Å². The van der Waals surface area contributed by atoms with Crippen molar-refractivity contribution in [2.24, 2.45) is 0 Å². The molecule has 0 saturated carbocycles. The van der Waals surface area contributed by atoms with Crippen LogP contribution in [-0.2, 0) is 0 Å². The number of nitriles is 2. The summed E-state index contributed by atoms with van der Waals surface area (Å²) in [5.41, 5.74) is 0.304. The number of methoxy groups -OCH3 is 2. The zero-order valence-electron chi connectivity index (χ0n) is 12.1. The van der Waals surface area contributed by atoms with Crippen molar-refractivity contribution < 1.29 is 14.3 Å². The van der Waals surface area contributed by atoms with Crippen molar-refractivity contribution in [2.45, 2.75) is 12.8 Å². The Kier molecular flexibility index (Phi) is 6.56. The molecule has 0 spiro atoms. The predicted molar refractivity (Wildman–Crippen MR) is 75.9 cm³/mol. The van der Waals surface area contributed by atoms with Crippen LogP contribution in [0.1, 0.15) is 23.2 Å². The molecule has 110 valence electrons. The van der Waals surface area contributed by atoms with E-state index in [1.54, 1.807) is 18.2 Å². The fourth-order valence-corrected chi connectivity index (χ4v) is 1.90. The largest absolute Gasteiger partial charge is 0.496 e. The summed E-state index contributed by atoms with van der Waals surface area (Å²) in [6.07, 6.45) is 0.406. The van der Waals surface area contributed by atoms with Gasteiger partial charge in [0.1, 0.15) is 17.1 Å². The minimum Gasteiger partial charge on any atom is -0.496 e. The minimum absolute atomic E-state index is 0.203. The van der Waals surface area contributed by atoms with E-state index in [0.717, 1.165) is 0 Å². The van der Waals surface area contributed by atoms with E-state index in [1.165, 1.54) is 19.1 Å². The van der Waals surface area contributed by atoms with E-state index >= 15 is 0 Å². The van der Waals surface area contributed by atoms with Crippen molar-refractivity contribution in [3.05, 3.63) is 23.8 Å². The molecule has 0 aliphatic heterocycles. The standard InChI is InChI=1S/C15H17N3O3/c1-20-12-6-3-7-13(21-2)14(12)15(19)18(10-4-8-16)11-5-9-17/h3,6-7H,4-5,10-11H2,1-2H3. The smallest absolute Gasteiger partial charge is 0.261 e. The highest BCUT2D eigenvalue weighted by Crippen LogP contribution is 2.29. The van der Waals surface area contributed by atoms with Crippen LogP contribution >= 0.6 is 0 Å². The molecule has 0 aliphatic carbocycles. The van der Waals surface area contributed by atoms with E-state index in [2.05, 4.69) is 0 Å². The molecule has 6 heteroatoms. The molecular weight excluding hydrogens is 270 g/mol. The minimum atomic E-state index is -0.310. The SMILES string of the molecule is COc1cccc(OC)c1C(=O)N(CCC#N)CCC#N. The van der Waals surface area contributed by atoms with Crippen LogP contribution in [0, 0.1) is 22.7 Å². The van der Waals surface area contributed by atoms with Gasteiger partial charge in [0, 0.05) is 13.1 Å². The first-order valence-electron chi connectivity index (χ1n) is 6.43. The topological polar surface area (TPSA) is 86.3 Å². The molecule has 1 amide bonds. The summed E-state index contributed by atoms with van der Waals surface area (Å²) < 4.78 is 10.4. The molecule has 0 N–H and O–H groups in total. The Balaban J connectivity index is 3.13. The maximum atomic E-state index is 12.7. The lowest BCUT2D eigenvalue weighted by atomic mass is 10.1. The Hall–Kier alpha value is -2.73. The summed E-state index contributed by atoms with van der Waals surface area (Å²) >= 11 is 0. The van der Waals surface area contributed by atoms with Crippen LogP contribution in [0.15, 0.2) is 18.2 Å². The maximum absolute atomic E-state index is 12.7. The second-order valence-corrected chi connectivity index (χ2v) is 4.15. The average Bonchev–Trinajstić information content (AvgIpc) is 2.53. The molecule has 1 aromatic rings. The van der Waals surface area contributed by atoms with Crippen molar-refractivity contribution in [3.8, 4) is 23.6 Å². The van der Waals surface area contributed by atoms with Crippen molar-refractivity contribution in [1.82, 2.24) is 4.90 Å². The molecule has 0 bridgehead atoms. The van der Waals surface area contributed by atoms with Crippen LogP contribution in [0.25, 0.3) is 0 Å². The summed E-state index contributed by atoms with van der Waals surface area (Å²) in [5, 5.41) is 17.4. The third-order valence-electron chi connectivity index (χ3n) is 2.92. The summed E-state index contributed by atoms with van der Waals surface area (Å²) in [6, 6.07) is 9.06. The van der Waals surface area contributed by atoms with E-state index in [9.17, 15) is 4.79 Å². The van der Waals surface area contributed by atoms with Crippen LogP contribution in [-0.4, -0.2) is 38.1 Å². The third-order valence-corrected chi connectivity index (χ3v) is 2.92. The van der Waals surface area contributed by atoms with Gasteiger partial charge in [-0.05, 0) is 12.1 Å². The van der Waals surface area contributed by atoms with E-state index in [4.69, 9.17) is 20.0 Å². The van der Waals surface area contributed by atoms with E-state index in [1.807, 2.05) is 12.1 Å². The molecule has 0 atom stereocenters. The van der Waals surface area contributed by atoms with Crippen molar-refractivity contribution >= 4 is 5.91 Å².